The minimum atomic E-state index is -0.0467. The van der Waals surface area contributed by atoms with Gasteiger partial charge >= 0.3 is 0 Å². The normalized spacial score (nSPS) is 16.7. The highest BCUT2D eigenvalue weighted by atomic mass is 16.1. The average molecular weight is 358 g/mol. The van der Waals surface area contributed by atoms with Crippen molar-refractivity contribution in [1.29, 1.82) is 0 Å². The average Bonchev–Trinajstić information content (AvgIpc) is 2.75. The van der Waals surface area contributed by atoms with Crippen LogP contribution < -0.4 is 10.2 Å². The third kappa shape index (κ3) is 4.14. The number of aromatic nitrogens is 2. The van der Waals surface area contributed by atoms with Crippen LogP contribution in [0.15, 0.2) is 72.8 Å². The minimum Gasteiger partial charge on any atom is -0.354 e. The van der Waals surface area contributed by atoms with Gasteiger partial charge in [-0.15, -0.1) is 10.2 Å². The van der Waals surface area contributed by atoms with Crippen LogP contribution in [0.1, 0.15) is 12.8 Å². The van der Waals surface area contributed by atoms with Crippen molar-refractivity contribution < 1.29 is 4.79 Å². The van der Waals surface area contributed by atoms with Crippen LogP contribution in [0.2, 0.25) is 0 Å². The zero-order valence-electron chi connectivity index (χ0n) is 15.1. The van der Waals surface area contributed by atoms with Crippen molar-refractivity contribution in [2.75, 3.05) is 23.3 Å². The summed E-state index contributed by atoms with van der Waals surface area (Å²) in [6.45, 7) is 1.56. The Morgan fingerprint density at radius 3 is 2.37 bits per heavy atom. The summed E-state index contributed by atoms with van der Waals surface area (Å²) in [6.07, 6.45) is 1.86. The molecule has 1 atom stereocenters. The van der Waals surface area contributed by atoms with Crippen LogP contribution in [0.25, 0.3) is 11.3 Å². The molecule has 1 aliphatic heterocycles. The largest absolute Gasteiger partial charge is 0.354 e. The Kier molecular flexibility index (Phi) is 5.10. The van der Waals surface area contributed by atoms with E-state index in [9.17, 15) is 4.79 Å². The van der Waals surface area contributed by atoms with Gasteiger partial charge in [-0.1, -0.05) is 48.5 Å². The predicted molar refractivity (Wildman–Crippen MR) is 107 cm³/mol. The van der Waals surface area contributed by atoms with Crippen LogP contribution in [-0.2, 0) is 4.79 Å². The fourth-order valence-corrected chi connectivity index (χ4v) is 3.42. The maximum absolute atomic E-state index is 12.6. The summed E-state index contributed by atoms with van der Waals surface area (Å²) in [4.78, 5) is 14.8. The van der Waals surface area contributed by atoms with Crippen molar-refractivity contribution in [2.24, 2.45) is 5.92 Å². The molecule has 1 aliphatic rings. The number of para-hydroxylation sites is 1. The van der Waals surface area contributed by atoms with Crippen molar-refractivity contribution >= 4 is 17.4 Å². The molecule has 0 radical (unpaired) electrons. The van der Waals surface area contributed by atoms with Crippen LogP contribution in [-0.4, -0.2) is 29.2 Å². The first-order valence-electron chi connectivity index (χ1n) is 9.29. The van der Waals surface area contributed by atoms with Crippen molar-refractivity contribution in [1.82, 2.24) is 10.2 Å². The standard InChI is InChI=1S/C22H22N4O/c27-22(23-19-11-5-2-6-12-19)18-10-7-15-26(16-18)21-14-13-20(24-25-21)17-8-3-1-4-9-17/h1-6,8-9,11-14,18H,7,10,15-16H2,(H,23,27)/t18-/m0/s1. The second-order valence-corrected chi connectivity index (χ2v) is 6.78. The van der Waals surface area contributed by atoms with E-state index in [2.05, 4.69) is 20.4 Å². The summed E-state index contributed by atoms with van der Waals surface area (Å²) in [5.74, 6) is 0.848. The highest BCUT2D eigenvalue weighted by molar-refractivity contribution is 5.93. The van der Waals surface area contributed by atoms with Crippen LogP contribution >= 0.6 is 0 Å². The van der Waals surface area contributed by atoms with Gasteiger partial charge in [-0.2, -0.15) is 0 Å². The number of carbonyl (C=O) groups excluding carboxylic acids is 1. The number of nitrogens with one attached hydrogen (secondary N) is 1. The number of anilines is 2. The first-order valence-corrected chi connectivity index (χ1v) is 9.29. The lowest BCUT2D eigenvalue weighted by Gasteiger charge is -2.32. The molecular formula is C22H22N4O. The number of rotatable bonds is 4. The van der Waals surface area contributed by atoms with Gasteiger partial charge in [0.25, 0.3) is 0 Å². The Morgan fingerprint density at radius 2 is 1.67 bits per heavy atom. The molecule has 27 heavy (non-hydrogen) atoms. The second-order valence-electron chi connectivity index (χ2n) is 6.78. The van der Waals surface area contributed by atoms with E-state index in [-0.39, 0.29) is 11.8 Å². The van der Waals surface area contributed by atoms with Crippen molar-refractivity contribution in [3.63, 3.8) is 0 Å². The molecule has 0 spiro atoms. The van der Waals surface area contributed by atoms with Gasteiger partial charge in [0.2, 0.25) is 5.91 Å². The Bertz CT molecular complexity index is 881. The fraction of sp³-hybridized carbons (Fsp3) is 0.227. The lowest BCUT2D eigenvalue weighted by molar-refractivity contribution is -0.120. The number of carbonyl (C=O) groups is 1. The van der Waals surface area contributed by atoms with Crippen LogP contribution in [0.4, 0.5) is 11.5 Å². The molecule has 3 aromatic rings. The third-order valence-electron chi connectivity index (χ3n) is 4.88. The zero-order valence-corrected chi connectivity index (χ0v) is 15.1. The van der Waals surface area contributed by atoms with E-state index in [1.165, 1.54) is 0 Å². The molecular weight excluding hydrogens is 336 g/mol. The number of hydrogen-bond donors (Lipinski definition) is 1. The van der Waals surface area contributed by atoms with Gasteiger partial charge in [0.15, 0.2) is 5.82 Å². The molecule has 1 saturated heterocycles. The summed E-state index contributed by atoms with van der Waals surface area (Å²) in [7, 11) is 0. The van der Waals surface area contributed by atoms with Gasteiger partial charge in [-0.05, 0) is 37.1 Å². The molecule has 136 valence electrons. The van der Waals surface area contributed by atoms with E-state index < -0.39 is 0 Å². The number of piperidine rings is 1. The van der Waals surface area contributed by atoms with Crippen LogP contribution in [0, 0.1) is 5.92 Å². The quantitative estimate of drug-likeness (QED) is 0.766. The smallest absolute Gasteiger partial charge is 0.229 e. The molecule has 0 bridgehead atoms. The molecule has 0 unspecified atom stereocenters. The Labute approximate surface area is 159 Å². The van der Waals surface area contributed by atoms with E-state index in [1.807, 2.05) is 72.8 Å². The molecule has 2 heterocycles. The molecule has 4 rings (SSSR count). The Balaban J connectivity index is 1.43. The molecule has 1 fully saturated rings. The Hall–Kier alpha value is -3.21. The first kappa shape index (κ1) is 17.2. The summed E-state index contributed by atoms with van der Waals surface area (Å²) in [5, 5.41) is 11.8. The fourth-order valence-electron chi connectivity index (χ4n) is 3.42. The van der Waals surface area contributed by atoms with Gasteiger partial charge in [0.1, 0.15) is 0 Å². The van der Waals surface area contributed by atoms with Crippen LogP contribution in [0.5, 0.6) is 0 Å². The molecule has 1 aromatic heterocycles. The van der Waals surface area contributed by atoms with Crippen LogP contribution in [0.3, 0.4) is 0 Å². The van der Waals surface area contributed by atoms with E-state index in [0.29, 0.717) is 6.54 Å². The lowest BCUT2D eigenvalue weighted by Crippen LogP contribution is -2.41. The lowest BCUT2D eigenvalue weighted by atomic mass is 9.97. The highest BCUT2D eigenvalue weighted by Gasteiger charge is 2.26. The van der Waals surface area contributed by atoms with Gasteiger partial charge in [0.05, 0.1) is 11.6 Å². The van der Waals surface area contributed by atoms with Crippen molar-refractivity contribution in [3.8, 4) is 11.3 Å². The summed E-state index contributed by atoms with van der Waals surface area (Å²) in [6, 6.07) is 23.6. The predicted octanol–water partition coefficient (Wildman–Crippen LogP) is 4.00. The highest BCUT2D eigenvalue weighted by Crippen LogP contribution is 2.24. The minimum absolute atomic E-state index is 0.0467. The second kappa shape index (κ2) is 7.99. The topological polar surface area (TPSA) is 58.1 Å². The summed E-state index contributed by atoms with van der Waals surface area (Å²) < 4.78 is 0. The third-order valence-corrected chi connectivity index (χ3v) is 4.88. The van der Waals surface area contributed by atoms with E-state index in [1.54, 1.807) is 0 Å². The molecule has 5 nitrogen and oxygen atoms in total. The SMILES string of the molecule is O=C(Nc1ccccc1)[C@H]1CCCN(c2ccc(-c3ccccc3)nn2)C1. The summed E-state index contributed by atoms with van der Waals surface area (Å²) >= 11 is 0. The first-order chi connectivity index (χ1) is 13.3. The Morgan fingerprint density at radius 1 is 0.926 bits per heavy atom. The molecule has 0 saturated carbocycles. The monoisotopic (exact) mass is 358 g/mol. The van der Waals surface area contributed by atoms with Gasteiger partial charge in [-0.25, -0.2) is 0 Å². The molecule has 1 N–H and O–H groups in total. The molecule has 1 amide bonds. The zero-order chi connectivity index (χ0) is 18.5. The molecule has 5 heteroatoms. The van der Waals surface area contributed by atoms with E-state index in [0.717, 1.165) is 42.1 Å². The number of benzene rings is 2. The van der Waals surface area contributed by atoms with E-state index >= 15 is 0 Å². The molecule has 2 aromatic carbocycles. The van der Waals surface area contributed by atoms with Gasteiger partial charge in [0, 0.05) is 24.3 Å². The maximum Gasteiger partial charge on any atom is 0.229 e. The number of hydrogen-bond acceptors (Lipinski definition) is 4. The summed E-state index contributed by atoms with van der Waals surface area (Å²) in [5.41, 5.74) is 2.75. The molecule has 0 aliphatic carbocycles. The van der Waals surface area contributed by atoms with Gasteiger partial charge in [-0.3, -0.25) is 4.79 Å². The van der Waals surface area contributed by atoms with E-state index in [4.69, 9.17) is 0 Å². The number of nitrogens with zero attached hydrogens (tertiary/aromatic N) is 3. The number of amides is 1. The van der Waals surface area contributed by atoms with Crippen molar-refractivity contribution in [2.45, 2.75) is 12.8 Å². The maximum atomic E-state index is 12.6. The van der Waals surface area contributed by atoms with Crippen molar-refractivity contribution in [3.05, 3.63) is 72.8 Å². The van der Waals surface area contributed by atoms with Gasteiger partial charge < -0.3 is 10.2 Å².